The number of carboxylic acids is 1. The van der Waals surface area contributed by atoms with Crippen molar-refractivity contribution in [2.75, 3.05) is 12.4 Å². The Labute approximate surface area is 221 Å². The normalized spacial score (nSPS) is 10.8. The van der Waals surface area contributed by atoms with Gasteiger partial charge in [0.25, 0.3) is 0 Å². The summed E-state index contributed by atoms with van der Waals surface area (Å²) in [4.78, 5) is 27.5. The summed E-state index contributed by atoms with van der Waals surface area (Å²) in [5, 5.41) is 8.86. The van der Waals surface area contributed by atoms with Crippen molar-refractivity contribution in [1.82, 2.24) is 4.90 Å². The van der Waals surface area contributed by atoms with Crippen LogP contribution in [-0.2, 0) is 16.1 Å². The van der Waals surface area contributed by atoms with Crippen molar-refractivity contribution in [1.29, 1.82) is 0 Å². The Hall–Kier alpha value is -4.03. The zero-order valence-electron chi connectivity index (χ0n) is 20.6. The van der Waals surface area contributed by atoms with Gasteiger partial charge in [-0.2, -0.15) is 0 Å². The van der Waals surface area contributed by atoms with Gasteiger partial charge < -0.3 is 14.7 Å². The molecule has 0 aliphatic rings. The van der Waals surface area contributed by atoms with Gasteiger partial charge in [0.1, 0.15) is 5.75 Å². The fourth-order valence-corrected chi connectivity index (χ4v) is 5.05. The number of ether oxygens (including phenoxy) is 1. The number of amides is 1. The van der Waals surface area contributed by atoms with Gasteiger partial charge in [0.15, 0.2) is 6.61 Å². The predicted octanol–water partition coefficient (Wildman–Crippen LogP) is 6.37. The van der Waals surface area contributed by atoms with Crippen molar-refractivity contribution >= 4 is 23.6 Å². The lowest BCUT2D eigenvalue weighted by atomic mass is 9.96. The average molecular weight is 512 g/mol. The summed E-state index contributed by atoms with van der Waals surface area (Å²) in [5.41, 5.74) is 4.00. The number of carbonyl (C=O) groups is 2. The second kappa shape index (κ2) is 12.8. The first kappa shape index (κ1) is 26.0. The van der Waals surface area contributed by atoms with Crippen molar-refractivity contribution in [3.8, 4) is 5.75 Å². The second-order valence-electron chi connectivity index (χ2n) is 8.63. The van der Waals surface area contributed by atoms with E-state index in [1.165, 1.54) is 11.8 Å². The topological polar surface area (TPSA) is 66.8 Å². The monoisotopic (exact) mass is 511 g/mol. The standard InChI is InChI=1S/C31H29NO4S/c1-23-19-27(17-18-28(23)36-21-30(34)35)37-22-29(33)32(20-24-11-5-2-6-12-24)31(25-13-7-3-8-14-25)26-15-9-4-10-16-26/h2-19,31H,20-22H2,1H3,(H,34,35). The zero-order valence-corrected chi connectivity index (χ0v) is 21.4. The average Bonchev–Trinajstić information content (AvgIpc) is 2.92. The molecular weight excluding hydrogens is 482 g/mol. The van der Waals surface area contributed by atoms with E-state index in [1.807, 2.05) is 90.7 Å². The SMILES string of the molecule is Cc1cc(SCC(=O)N(Cc2ccccc2)C(c2ccccc2)c2ccccc2)ccc1OCC(=O)O. The number of carbonyl (C=O) groups excluding carboxylic acids is 1. The lowest BCUT2D eigenvalue weighted by Gasteiger charge is -2.33. The Kier molecular flexibility index (Phi) is 9.00. The van der Waals surface area contributed by atoms with Gasteiger partial charge in [-0.15, -0.1) is 11.8 Å². The number of aliphatic carboxylic acids is 1. The van der Waals surface area contributed by atoms with Gasteiger partial charge in [-0.1, -0.05) is 91.0 Å². The molecule has 188 valence electrons. The molecule has 5 nitrogen and oxygen atoms in total. The third-order valence-corrected chi connectivity index (χ3v) is 6.90. The summed E-state index contributed by atoms with van der Waals surface area (Å²) in [5.74, 6) is -0.210. The zero-order chi connectivity index (χ0) is 26.0. The summed E-state index contributed by atoms with van der Waals surface area (Å²) in [6.07, 6.45) is 0. The molecular formula is C31H29NO4S. The van der Waals surface area contributed by atoms with Gasteiger partial charge in [0.05, 0.1) is 11.8 Å². The molecule has 0 aromatic heterocycles. The van der Waals surface area contributed by atoms with Gasteiger partial charge in [-0.3, -0.25) is 4.79 Å². The van der Waals surface area contributed by atoms with E-state index in [4.69, 9.17) is 9.84 Å². The van der Waals surface area contributed by atoms with Crippen LogP contribution in [0.3, 0.4) is 0 Å². The molecule has 0 heterocycles. The van der Waals surface area contributed by atoms with Crippen molar-refractivity contribution in [3.05, 3.63) is 131 Å². The number of nitrogens with zero attached hydrogens (tertiary/aromatic N) is 1. The summed E-state index contributed by atoms with van der Waals surface area (Å²) in [6, 6.07) is 35.6. The molecule has 0 spiro atoms. The number of thioether (sulfide) groups is 1. The number of aryl methyl sites for hydroxylation is 1. The van der Waals surface area contributed by atoms with Crippen LogP contribution in [0.2, 0.25) is 0 Å². The van der Waals surface area contributed by atoms with E-state index < -0.39 is 5.97 Å². The van der Waals surface area contributed by atoms with Crippen LogP contribution < -0.4 is 4.74 Å². The van der Waals surface area contributed by atoms with Crippen molar-refractivity contribution in [2.24, 2.45) is 0 Å². The maximum Gasteiger partial charge on any atom is 0.341 e. The molecule has 0 radical (unpaired) electrons. The fraction of sp³-hybridized carbons (Fsp3) is 0.161. The van der Waals surface area contributed by atoms with E-state index in [-0.39, 0.29) is 24.3 Å². The Balaban J connectivity index is 1.59. The molecule has 4 rings (SSSR count). The van der Waals surface area contributed by atoms with Crippen LogP contribution in [0, 0.1) is 6.92 Å². The minimum absolute atomic E-state index is 0.0235. The Morgan fingerprint density at radius 1 is 0.838 bits per heavy atom. The maximum absolute atomic E-state index is 13.9. The van der Waals surface area contributed by atoms with Crippen LogP contribution in [-0.4, -0.2) is 34.2 Å². The Bertz CT molecular complexity index is 1270. The molecule has 0 bridgehead atoms. The molecule has 0 atom stereocenters. The largest absolute Gasteiger partial charge is 0.482 e. The van der Waals surface area contributed by atoms with Crippen LogP contribution in [0.15, 0.2) is 114 Å². The van der Waals surface area contributed by atoms with E-state index in [9.17, 15) is 9.59 Å². The van der Waals surface area contributed by atoms with Crippen molar-refractivity contribution in [3.63, 3.8) is 0 Å². The highest BCUT2D eigenvalue weighted by atomic mass is 32.2. The van der Waals surface area contributed by atoms with Crippen LogP contribution in [0.4, 0.5) is 0 Å². The minimum atomic E-state index is -1.02. The lowest BCUT2D eigenvalue weighted by Crippen LogP contribution is -2.36. The minimum Gasteiger partial charge on any atom is -0.482 e. The van der Waals surface area contributed by atoms with E-state index in [0.717, 1.165) is 27.1 Å². The van der Waals surface area contributed by atoms with Gasteiger partial charge >= 0.3 is 5.97 Å². The fourth-order valence-electron chi connectivity index (χ4n) is 4.17. The predicted molar refractivity (Wildman–Crippen MR) is 147 cm³/mol. The van der Waals surface area contributed by atoms with Gasteiger partial charge in [-0.25, -0.2) is 4.79 Å². The molecule has 4 aromatic carbocycles. The molecule has 6 heteroatoms. The number of carboxylic acid groups (broad SMARTS) is 1. The highest BCUT2D eigenvalue weighted by Crippen LogP contribution is 2.32. The Morgan fingerprint density at radius 2 is 1.41 bits per heavy atom. The second-order valence-corrected chi connectivity index (χ2v) is 9.68. The smallest absolute Gasteiger partial charge is 0.341 e. The van der Waals surface area contributed by atoms with Gasteiger partial charge in [-0.05, 0) is 47.4 Å². The number of benzene rings is 4. The summed E-state index contributed by atoms with van der Waals surface area (Å²) in [7, 11) is 0. The summed E-state index contributed by atoms with van der Waals surface area (Å²) in [6.45, 7) is 1.96. The highest BCUT2D eigenvalue weighted by molar-refractivity contribution is 8.00. The van der Waals surface area contributed by atoms with E-state index in [0.29, 0.717) is 12.3 Å². The molecule has 1 N–H and O–H groups in total. The molecule has 0 aliphatic carbocycles. The van der Waals surface area contributed by atoms with Crippen LogP contribution >= 0.6 is 11.8 Å². The molecule has 0 saturated carbocycles. The van der Waals surface area contributed by atoms with Crippen LogP contribution in [0.1, 0.15) is 28.3 Å². The van der Waals surface area contributed by atoms with Crippen LogP contribution in [0.25, 0.3) is 0 Å². The number of hydrogen-bond donors (Lipinski definition) is 1. The maximum atomic E-state index is 13.9. The number of rotatable bonds is 11. The van der Waals surface area contributed by atoms with E-state index in [1.54, 1.807) is 6.07 Å². The molecule has 0 unspecified atom stereocenters. The molecule has 4 aromatic rings. The summed E-state index contributed by atoms with van der Waals surface area (Å²) < 4.78 is 5.33. The molecule has 37 heavy (non-hydrogen) atoms. The highest BCUT2D eigenvalue weighted by Gasteiger charge is 2.27. The lowest BCUT2D eigenvalue weighted by molar-refractivity contribution is -0.139. The van der Waals surface area contributed by atoms with Crippen LogP contribution in [0.5, 0.6) is 5.75 Å². The first-order chi connectivity index (χ1) is 18.0. The third-order valence-electron chi connectivity index (χ3n) is 5.92. The Morgan fingerprint density at radius 3 is 1.95 bits per heavy atom. The first-order valence-electron chi connectivity index (χ1n) is 12.0. The molecule has 0 aliphatic heterocycles. The number of hydrogen-bond acceptors (Lipinski definition) is 4. The quantitative estimate of drug-likeness (QED) is 0.237. The summed E-state index contributed by atoms with van der Waals surface area (Å²) >= 11 is 1.46. The molecule has 0 fully saturated rings. The first-order valence-corrected chi connectivity index (χ1v) is 13.0. The molecule has 1 amide bonds. The van der Waals surface area contributed by atoms with Crippen molar-refractivity contribution in [2.45, 2.75) is 24.4 Å². The third kappa shape index (κ3) is 7.24. The van der Waals surface area contributed by atoms with E-state index in [2.05, 4.69) is 24.3 Å². The van der Waals surface area contributed by atoms with Gasteiger partial charge in [0.2, 0.25) is 5.91 Å². The van der Waals surface area contributed by atoms with Crippen molar-refractivity contribution < 1.29 is 19.4 Å². The van der Waals surface area contributed by atoms with Gasteiger partial charge in [0, 0.05) is 11.4 Å². The molecule has 0 saturated heterocycles. The van der Waals surface area contributed by atoms with E-state index >= 15 is 0 Å².